The molecule has 1 aromatic carbocycles. The molecule has 2 rings (SSSR count). The largest absolute Gasteiger partial charge is 0.480 e. The molecule has 0 fully saturated rings. The van der Waals surface area contributed by atoms with Crippen LogP contribution in [-0.4, -0.2) is 12.1 Å². The van der Waals surface area contributed by atoms with Crippen LogP contribution in [0.25, 0.3) is 0 Å². The van der Waals surface area contributed by atoms with Gasteiger partial charge in [0.1, 0.15) is 0 Å². The van der Waals surface area contributed by atoms with Gasteiger partial charge in [0, 0.05) is 15.6 Å². The molecule has 0 saturated carbocycles. The van der Waals surface area contributed by atoms with Gasteiger partial charge < -0.3 is 4.74 Å². The van der Waals surface area contributed by atoms with Gasteiger partial charge in [-0.05, 0) is 34.1 Å². The molecule has 0 N–H and O–H groups in total. The van der Waals surface area contributed by atoms with Crippen LogP contribution in [-0.2, 0) is 0 Å². The Bertz CT molecular complexity index is 476. The zero-order valence-corrected chi connectivity index (χ0v) is 11.1. The Kier molecular flexibility index (Phi) is 3.85. The van der Waals surface area contributed by atoms with Crippen molar-refractivity contribution in [3.63, 3.8) is 0 Å². The predicted molar refractivity (Wildman–Crippen MR) is 69.1 cm³/mol. The molecule has 0 spiro atoms. The second kappa shape index (κ2) is 5.37. The molecule has 16 heavy (non-hydrogen) atoms. The summed E-state index contributed by atoms with van der Waals surface area (Å²) < 4.78 is 6.17. The van der Waals surface area contributed by atoms with Crippen LogP contribution in [0.4, 0.5) is 0 Å². The Morgan fingerprint density at radius 2 is 2.00 bits per heavy atom. The Labute approximate surface area is 107 Å². The lowest BCUT2D eigenvalue weighted by Gasteiger charge is -2.06. The number of rotatable bonds is 3. The molecule has 1 heterocycles. The van der Waals surface area contributed by atoms with Crippen LogP contribution in [0.5, 0.6) is 5.88 Å². The number of hydrogen-bond donors (Lipinski definition) is 0. The molecule has 4 heteroatoms. The predicted octanol–water partition coefficient (Wildman–Crippen LogP) is 4.00. The molecule has 0 aliphatic heterocycles. The van der Waals surface area contributed by atoms with Crippen molar-refractivity contribution in [2.45, 2.75) is 9.79 Å². The Morgan fingerprint density at radius 1 is 1.25 bits per heavy atom. The summed E-state index contributed by atoms with van der Waals surface area (Å²) in [4.78, 5) is 6.37. The van der Waals surface area contributed by atoms with E-state index in [1.165, 1.54) is 4.90 Å². The summed E-state index contributed by atoms with van der Waals surface area (Å²) in [7, 11) is 1.63. The third-order valence-electron chi connectivity index (χ3n) is 1.95. The lowest BCUT2D eigenvalue weighted by Crippen LogP contribution is -1.89. The zero-order chi connectivity index (χ0) is 11.4. The maximum absolute atomic E-state index is 5.22. The fourth-order valence-corrected chi connectivity index (χ4v) is 2.69. The molecule has 0 aliphatic carbocycles. The summed E-state index contributed by atoms with van der Waals surface area (Å²) in [6.07, 6.45) is 1.73. The van der Waals surface area contributed by atoms with Crippen molar-refractivity contribution in [3.8, 4) is 5.88 Å². The quantitative estimate of drug-likeness (QED) is 0.854. The highest BCUT2D eigenvalue weighted by Crippen LogP contribution is 2.34. The van der Waals surface area contributed by atoms with Crippen molar-refractivity contribution >= 4 is 27.7 Å². The molecule has 2 aromatic rings. The van der Waals surface area contributed by atoms with E-state index in [2.05, 4.69) is 33.0 Å². The molecule has 0 atom stereocenters. The van der Waals surface area contributed by atoms with Gasteiger partial charge in [-0.2, -0.15) is 0 Å². The van der Waals surface area contributed by atoms with Crippen molar-refractivity contribution in [1.29, 1.82) is 0 Å². The summed E-state index contributed by atoms with van der Waals surface area (Å²) in [5, 5.41) is 0. The molecule has 0 radical (unpaired) electrons. The fraction of sp³-hybridized carbons (Fsp3) is 0.0833. The lowest BCUT2D eigenvalue weighted by molar-refractivity contribution is 0.387. The van der Waals surface area contributed by atoms with Crippen LogP contribution >= 0.6 is 27.7 Å². The van der Waals surface area contributed by atoms with E-state index in [1.807, 2.05) is 24.3 Å². The van der Waals surface area contributed by atoms with Crippen LogP contribution in [0.2, 0.25) is 0 Å². The van der Waals surface area contributed by atoms with Crippen LogP contribution in [0.1, 0.15) is 0 Å². The molecule has 0 unspecified atom stereocenters. The number of ether oxygens (including phenoxy) is 1. The highest BCUT2D eigenvalue weighted by Gasteiger charge is 2.06. The van der Waals surface area contributed by atoms with Crippen LogP contribution in [0.3, 0.4) is 0 Å². The van der Waals surface area contributed by atoms with E-state index in [0.29, 0.717) is 5.88 Å². The molecular formula is C12H10BrNOS. The van der Waals surface area contributed by atoms with Gasteiger partial charge in [0.2, 0.25) is 5.88 Å². The summed E-state index contributed by atoms with van der Waals surface area (Å²) in [6, 6.07) is 12.2. The van der Waals surface area contributed by atoms with Gasteiger partial charge >= 0.3 is 0 Å². The Hall–Kier alpha value is -1.00. The molecule has 0 bridgehead atoms. The minimum Gasteiger partial charge on any atom is -0.480 e. The Balaban J connectivity index is 2.30. The van der Waals surface area contributed by atoms with E-state index in [1.54, 1.807) is 25.1 Å². The smallest absolute Gasteiger partial charge is 0.227 e. The average molecular weight is 296 g/mol. The van der Waals surface area contributed by atoms with E-state index in [4.69, 9.17) is 4.74 Å². The molecule has 0 saturated heterocycles. The van der Waals surface area contributed by atoms with Gasteiger partial charge in [0.15, 0.2) is 0 Å². The number of nitrogens with zero attached hydrogens (tertiary/aromatic N) is 1. The third kappa shape index (κ3) is 2.77. The van der Waals surface area contributed by atoms with Gasteiger partial charge in [-0.1, -0.05) is 30.0 Å². The van der Waals surface area contributed by atoms with E-state index < -0.39 is 0 Å². The SMILES string of the molecule is COc1ncc(Br)cc1Sc1ccccc1. The highest BCUT2D eigenvalue weighted by molar-refractivity contribution is 9.10. The first-order valence-electron chi connectivity index (χ1n) is 4.72. The monoisotopic (exact) mass is 295 g/mol. The second-order valence-electron chi connectivity index (χ2n) is 3.08. The second-order valence-corrected chi connectivity index (χ2v) is 5.11. The standard InChI is InChI=1S/C12H10BrNOS/c1-15-12-11(7-9(13)8-14-12)16-10-5-3-2-4-6-10/h2-8H,1H3. The summed E-state index contributed by atoms with van der Waals surface area (Å²) in [5.41, 5.74) is 0. The molecule has 2 nitrogen and oxygen atoms in total. The number of hydrogen-bond acceptors (Lipinski definition) is 3. The lowest BCUT2D eigenvalue weighted by atomic mass is 10.4. The van der Waals surface area contributed by atoms with E-state index >= 15 is 0 Å². The number of pyridine rings is 1. The highest BCUT2D eigenvalue weighted by atomic mass is 79.9. The minimum absolute atomic E-state index is 0.650. The van der Waals surface area contributed by atoms with E-state index in [0.717, 1.165) is 9.37 Å². The molecule has 0 aliphatic rings. The topological polar surface area (TPSA) is 22.1 Å². The van der Waals surface area contributed by atoms with Crippen molar-refractivity contribution < 1.29 is 4.74 Å². The number of aromatic nitrogens is 1. The summed E-state index contributed by atoms with van der Waals surface area (Å²) in [5.74, 6) is 0.650. The zero-order valence-electron chi connectivity index (χ0n) is 8.68. The number of halogens is 1. The fourth-order valence-electron chi connectivity index (χ4n) is 1.25. The maximum atomic E-state index is 5.22. The number of benzene rings is 1. The van der Waals surface area contributed by atoms with Gasteiger partial charge in [-0.3, -0.25) is 0 Å². The van der Waals surface area contributed by atoms with Gasteiger partial charge in [0.25, 0.3) is 0 Å². The number of methoxy groups -OCH3 is 1. The molecule has 82 valence electrons. The van der Waals surface area contributed by atoms with Crippen molar-refractivity contribution in [3.05, 3.63) is 47.1 Å². The average Bonchev–Trinajstić information content (AvgIpc) is 2.31. The van der Waals surface area contributed by atoms with Crippen LogP contribution in [0, 0.1) is 0 Å². The van der Waals surface area contributed by atoms with Gasteiger partial charge in [-0.15, -0.1) is 0 Å². The van der Waals surface area contributed by atoms with Crippen molar-refractivity contribution in [2.75, 3.05) is 7.11 Å². The first-order valence-corrected chi connectivity index (χ1v) is 6.33. The molecule has 1 aromatic heterocycles. The molecule has 0 amide bonds. The van der Waals surface area contributed by atoms with Gasteiger partial charge in [-0.25, -0.2) is 4.98 Å². The van der Waals surface area contributed by atoms with Crippen LogP contribution < -0.4 is 4.74 Å². The summed E-state index contributed by atoms with van der Waals surface area (Å²) in [6.45, 7) is 0. The van der Waals surface area contributed by atoms with E-state index in [9.17, 15) is 0 Å². The maximum Gasteiger partial charge on any atom is 0.227 e. The first kappa shape index (κ1) is 11.5. The first-order chi connectivity index (χ1) is 7.79. The van der Waals surface area contributed by atoms with Crippen molar-refractivity contribution in [2.24, 2.45) is 0 Å². The third-order valence-corrected chi connectivity index (χ3v) is 3.40. The van der Waals surface area contributed by atoms with Crippen molar-refractivity contribution in [1.82, 2.24) is 4.98 Å². The molecular weight excluding hydrogens is 286 g/mol. The summed E-state index contributed by atoms with van der Waals surface area (Å²) >= 11 is 5.04. The minimum atomic E-state index is 0.650. The van der Waals surface area contributed by atoms with Crippen LogP contribution in [0.15, 0.2) is 56.9 Å². The normalized spacial score (nSPS) is 10.1. The van der Waals surface area contributed by atoms with Gasteiger partial charge in [0.05, 0.1) is 12.0 Å². The van der Waals surface area contributed by atoms with E-state index in [-0.39, 0.29) is 0 Å². The Morgan fingerprint density at radius 3 is 2.69 bits per heavy atom.